The molecule has 0 aliphatic heterocycles. The van der Waals surface area contributed by atoms with Gasteiger partial charge in [0.2, 0.25) is 0 Å². The summed E-state index contributed by atoms with van der Waals surface area (Å²) in [6.07, 6.45) is 5.23. The van der Waals surface area contributed by atoms with Crippen LogP contribution in [-0.2, 0) is 19.1 Å². The fourth-order valence-electron chi connectivity index (χ4n) is 2.88. The third-order valence-electron chi connectivity index (χ3n) is 4.52. The van der Waals surface area contributed by atoms with Crippen LogP contribution in [-0.4, -0.2) is 25.7 Å². The number of ether oxygens (including phenoxy) is 3. The summed E-state index contributed by atoms with van der Waals surface area (Å²) in [6, 6.07) is 25.9. The van der Waals surface area contributed by atoms with Crippen LogP contribution in [0.25, 0.3) is 12.2 Å². The standard InChI is InChI=1S/C27H24O5/c1-30-24-14-8-13-23(19-24)25(32-27(29)18-16-22-11-6-3-7-12-22)20-31-26(28)17-15-21-9-4-2-5-10-21/h2-19,25H,20H2,1H3/b17-15+,18-16+/t25-/m1/s1. The van der Waals surface area contributed by atoms with Crippen LogP contribution in [0, 0.1) is 0 Å². The van der Waals surface area contributed by atoms with Gasteiger partial charge in [-0.3, -0.25) is 0 Å². The molecule has 0 N–H and O–H groups in total. The van der Waals surface area contributed by atoms with Crippen molar-refractivity contribution in [2.75, 3.05) is 13.7 Å². The zero-order valence-corrected chi connectivity index (χ0v) is 17.7. The maximum atomic E-state index is 12.4. The molecule has 5 nitrogen and oxygen atoms in total. The van der Waals surface area contributed by atoms with Crippen LogP contribution in [0.2, 0.25) is 0 Å². The highest BCUT2D eigenvalue weighted by molar-refractivity contribution is 5.88. The molecular weight excluding hydrogens is 404 g/mol. The third-order valence-corrected chi connectivity index (χ3v) is 4.52. The van der Waals surface area contributed by atoms with Crippen molar-refractivity contribution < 1.29 is 23.8 Å². The average molecular weight is 428 g/mol. The normalized spacial score (nSPS) is 11.9. The highest BCUT2D eigenvalue weighted by Crippen LogP contribution is 2.23. The van der Waals surface area contributed by atoms with Crippen LogP contribution >= 0.6 is 0 Å². The second-order valence-electron chi connectivity index (χ2n) is 6.82. The Morgan fingerprint density at radius 1 is 0.781 bits per heavy atom. The van der Waals surface area contributed by atoms with Gasteiger partial charge >= 0.3 is 11.9 Å². The van der Waals surface area contributed by atoms with E-state index in [-0.39, 0.29) is 6.61 Å². The van der Waals surface area contributed by atoms with E-state index in [0.717, 1.165) is 11.1 Å². The summed E-state index contributed by atoms with van der Waals surface area (Å²) in [5, 5.41) is 0. The summed E-state index contributed by atoms with van der Waals surface area (Å²) in [5.74, 6) is -0.464. The highest BCUT2D eigenvalue weighted by Gasteiger charge is 2.18. The van der Waals surface area contributed by atoms with E-state index >= 15 is 0 Å². The van der Waals surface area contributed by atoms with Crippen molar-refractivity contribution in [2.45, 2.75) is 6.10 Å². The Hall–Kier alpha value is -4.12. The maximum absolute atomic E-state index is 12.4. The molecule has 0 amide bonds. The first-order valence-corrected chi connectivity index (χ1v) is 10.1. The van der Waals surface area contributed by atoms with Crippen molar-refractivity contribution in [2.24, 2.45) is 0 Å². The Balaban J connectivity index is 1.67. The van der Waals surface area contributed by atoms with E-state index in [1.54, 1.807) is 43.5 Å². The number of hydrogen-bond donors (Lipinski definition) is 0. The molecule has 0 saturated heterocycles. The van der Waals surface area contributed by atoms with Crippen LogP contribution in [0.3, 0.4) is 0 Å². The lowest BCUT2D eigenvalue weighted by Crippen LogP contribution is -2.17. The van der Waals surface area contributed by atoms with Crippen LogP contribution in [0.15, 0.2) is 97.1 Å². The highest BCUT2D eigenvalue weighted by atomic mass is 16.6. The summed E-state index contributed by atoms with van der Waals surface area (Å²) in [6.45, 7) is -0.129. The second kappa shape index (κ2) is 11.9. The van der Waals surface area contributed by atoms with E-state index in [0.29, 0.717) is 11.3 Å². The molecule has 0 spiro atoms. The first-order chi connectivity index (χ1) is 15.6. The summed E-state index contributed by atoms with van der Waals surface area (Å²) >= 11 is 0. The predicted octanol–water partition coefficient (Wildman–Crippen LogP) is 5.25. The topological polar surface area (TPSA) is 61.8 Å². The third kappa shape index (κ3) is 7.29. The van der Waals surface area contributed by atoms with Gasteiger partial charge in [-0.25, -0.2) is 9.59 Å². The molecule has 0 saturated carbocycles. The van der Waals surface area contributed by atoms with Gasteiger partial charge in [-0.05, 0) is 41.0 Å². The van der Waals surface area contributed by atoms with Crippen molar-refractivity contribution in [3.63, 3.8) is 0 Å². The maximum Gasteiger partial charge on any atom is 0.331 e. The van der Waals surface area contributed by atoms with Gasteiger partial charge in [0.25, 0.3) is 0 Å². The van der Waals surface area contributed by atoms with Crippen molar-refractivity contribution in [3.8, 4) is 5.75 Å². The first kappa shape index (κ1) is 22.6. The van der Waals surface area contributed by atoms with Gasteiger partial charge < -0.3 is 14.2 Å². The molecule has 5 heteroatoms. The molecule has 3 aromatic carbocycles. The van der Waals surface area contributed by atoms with Crippen LogP contribution in [0.5, 0.6) is 5.75 Å². The second-order valence-corrected chi connectivity index (χ2v) is 6.82. The van der Waals surface area contributed by atoms with Gasteiger partial charge in [0.05, 0.1) is 7.11 Å². The lowest BCUT2D eigenvalue weighted by molar-refractivity contribution is -0.153. The lowest BCUT2D eigenvalue weighted by atomic mass is 10.1. The number of rotatable bonds is 9. The number of benzene rings is 3. The molecule has 0 bridgehead atoms. The van der Waals surface area contributed by atoms with E-state index in [2.05, 4.69) is 0 Å². The van der Waals surface area contributed by atoms with Gasteiger partial charge in [-0.1, -0.05) is 72.8 Å². The molecule has 0 unspecified atom stereocenters. The minimum atomic E-state index is -0.785. The SMILES string of the molecule is COc1cccc([C@@H](COC(=O)/C=C/c2ccccc2)OC(=O)/C=C/c2ccccc2)c1. The Labute approximate surface area is 187 Å². The molecule has 0 aromatic heterocycles. The molecule has 3 rings (SSSR count). The summed E-state index contributed by atoms with van der Waals surface area (Å²) < 4.78 is 16.2. The largest absolute Gasteiger partial charge is 0.497 e. The van der Waals surface area contributed by atoms with Gasteiger partial charge in [0, 0.05) is 12.2 Å². The van der Waals surface area contributed by atoms with Gasteiger partial charge in [0.15, 0.2) is 6.10 Å². The molecule has 3 aromatic rings. The van der Waals surface area contributed by atoms with E-state index in [9.17, 15) is 9.59 Å². The monoisotopic (exact) mass is 428 g/mol. The Bertz CT molecular complexity index is 1070. The van der Waals surface area contributed by atoms with Crippen molar-refractivity contribution in [1.29, 1.82) is 0 Å². The molecule has 32 heavy (non-hydrogen) atoms. The number of esters is 2. The molecule has 0 aliphatic carbocycles. The van der Waals surface area contributed by atoms with Crippen LogP contribution in [0.4, 0.5) is 0 Å². The van der Waals surface area contributed by atoms with Crippen molar-refractivity contribution >= 4 is 24.1 Å². The molecule has 0 aliphatic rings. The van der Waals surface area contributed by atoms with E-state index in [1.165, 1.54) is 12.2 Å². The lowest BCUT2D eigenvalue weighted by Gasteiger charge is -2.18. The minimum Gasteiger partial charge on any atom is -0.497 e. The quantitative estimate of drug-likeness (QED) is 0.344. The number of carbonyl (C=O) groups is 2. The number of hydrogen-bond acceptors (Lipinski definition) is 5. The Morgan fingerprint density at radius 2 is 1.38 bits per heavy atom. The van der Waals surface area contributed by atoms with E-state index in [1.807, 2.05) is 60.7 Å². The summed E-state index contributed by atoms with van der Waals surface area (Å²) in [7, 11) is 1.55. The fraction of sp³-hybridized carbons (Fsp3) is 0.111. The van der Waals surface area contributed by atoms with Gasteiger partial charge in [-0.2, -0.15) is 0 Å². The smallest absolute Gasteiger partial charge is 0.331 e. The summed E-state index contributed by atoms with van der Waals surface area (Å²) in [4.78, 5) is 24.6. The minimum absolute atomic E-state index is 0.129. The summed E-state index contributed by atoms with van der Waals surface area (Å²) in [5.41, 5.74) is 2.41. The predicted molar refractivity (Wildman–Crippen MR) is 124 cm³/mol. The molecular formula is C27H24O5. The van der Waals surface area contributed by atoms with E-state index in [4.69, 9.17) is 14.2 Å². The molecule has 0 radical (unpaired) electrons. The fourth-order valence-corrected chi connectivity index (χ4v) is 2.88. The van der Waals surface area contributed by atoms with Crippen LogP contribution < -0.4 is 4.74 Å². The first-order valence-electron chi connectivity index (χ1n) is 10.1. The Morgan fingerprint density at radius 3 is 1.97 bits per heavy atom. The van der Waals surface area contributed by atoms with Crippen molar-refractivity contribution in [1.82, 2.24) is 0 Å². The van der Waals surface area contributed by atoms with Crippen LogP contribution in [0.1, 0.15) is 22.8 Å². The van der Waals surface area contributed by atoms with E-state index < -0.39 is 18.0 Å². The zero-order chi connectivity index (χ0) is 22.6. The van der Waals surface area contributed by atoms with Gasteiger partial charge in [0.1, 0.15) is 12.4 Å². The molecule has 0 fully saturated rings. The molecule has 1 atom stereocenters. The molecule has 162 valence electrons. The molecule has 0 heterocycles. The Kier molecular flexibility index (Phi) is 8.40. The number of methoxy groups -OCH3 is 1. The average Bonchev–Trinajstić information content (AvgIpc) is 2.85. The number of carbonyl (C=O) groups excluding carboxylic acids is 2. The van der Waals surface area contributed by atoms with Gasteiger partial charge in [-0.15, -0.1) is 0 Å². The van der Waals surface area contributed by atoms with Crippen molar-refractivity contribution in [3.05, 3.63) is 114 Å². The zero-order valence-electron chi connectivity index (χ0n) is 17.7.